The lowest BCUT2D eigenvalue weighted by Gasteiger charge is -2.13. The Bertz CT molecular complexity index is 127. The third kappa shape index (κ3) is 4.37. The summed E-state index contributed by atoms with van der Waals surface area (Å²) in [5, 5.41) is 9.27. The first-order valence-electron chi connectivity index (χ1n) is 3.50. The van der Waals surface area contributed by atoms with Crippen molar-refractivity contribution in [1.29, 1.82) is 0 Å². The van der Waals surface area contributed by atoms with Gasteiger partial charge in [-0.1, -0.05) is 22.9 Å². The van der Waals surface area contributed by atoms with Crippen molar-refractivity contribution in [2.24, 2.45) is 0 Å². The molecule has 1 N–H and O–H groups in total. The van der Waals surface area contributed by atoms with Gasteiger partial charge in [-0.3, -0.25) is 4.79 Å². The van der Waals surface area contributed by atoms with Crippen molar-refractivity contribution in [2.75, 3.05) is 7.11 Å². The third-order valence-corrected chi connectivity index (χ3v) is 2.67. The molecule has 0 rings (SSSR count). The molecule has 0 saturated carbocycles. The minimum absolute atomic E-state index is 0.0263. The van der Waals surface area contributed by atoms with E-state index in [9.17, 15) is 9.90 Å². The van der Waals surface area contributed by atoms with E-state index in [2.05, 4.69) is 20.7 Å². The normalized spacial score (nSPS) is 15.6. The largest absolute Gasteiger partial charge is 0.469 e. The number of rotatable bonds is 4. The van der Waals surface area contributed by atoms with Crippen LogP contribution in [0.15, 0.2) is 0 Å². The molecular formula is C7H13BrO3. The summed E-state index contributed by atoms with van der Waals surface area (Å²) < 4.78 is 4.40. The molecule has 0 aliphatic heterocycles. The van der Waals surface area contributed by atoms with Crippen molar-refractivity contribution < 1.29 is 14.6 Å². The van der Waals surface area contributed by atoms with Gasteiger partial charge >= 0.3 is 5.97 Å². The minimum Gasteiger partial charge on any atom is -0.469 e. The van der Waals surface area contributed by atoms with Crippen LogP contribution in [0.4, 0.5) is 0 Å². The third-order valence-electron chi connectivity index (χ3n) is 1.41. The molecule has 0 radical (unpaired) electrons. The molecule has 66 valence electrons. The molecule has 0 aromatic rings. The van der Waals surface area contributed by atoms with Crippen LogP contribution in [0, 0.1) is 0 Å². The number of carbonyl (C=O) groups is 1. The molecule has 0 aromatic heterocycles. The fraction of sp³-hybridized carbons (Fsp3) is 0.857. The Kier molecular flexibility index (Phi) is 5.50. The van der Waals surface area contributed by atoms with Gasteiger partial charge in [-0.2, -0.15) is 0 Å². The van der Waals surface area contributed by atoms with Gasteiger partial charge in [0.1, 0.15) is 0 Å². The van der Waals surface area contributed by atoms with Gasteiger partial charge in [-0.05, 0) is 6.42 Å². The SMILES string of the molecule is CC[C@H](Br)[C@H](O)CC(=O)OC. The van der Waals surface area contributed by atoms with Crippen LogP contribution >= 0.6 is 15.9 Å². The lowest BCUT2D eigenvalue weighted by molar-refractivity contribution is -0.142. The van der Waals surface area contributed by atoms with E-state index in [-0.39, 0.29) is 17.2 Å². The molecular weight excluding hydrogens is 212 g/mol. The molecule has 0 spiro atoms. The van der Waals surface area contributed by atoms with E-state index in [4.69, 9.17) is 0 Å². The minimum atomic E-state index is -0.646. The summed E-state index contributed by atoms with van der Waals surface area (Å²) in [6, 6.07) is 0. The van der Waals surface area contributed by atoms with Crippen molar-refractivity contribution in [2.45, 2.75) is 30.7 Å². The van der Waals surface area contributed by atoms with Crippen LogP contribution < -0.4 is 0 Å². The first-order valence-corrected chi connectivity index (χ1v) is 4.42. The molecule has 2 atom stereocenters. The average molecular weight is 225 g/mol. The van der Waals surface area contributed by atoms with E-state index in [1.165, 1.54) is 7.11 Å². The van der Waals surface area contributed by atoms with Crippen LogP contribution in [0.25, 0.3) is 0 Å². The smallest absolute Gasteiger partial charge is 0.308 e. The maximum Gasteiger partial charge on any atom is 0.308 e. The van der Waals surface area contributed by atoms with Gasteiger partial charge in [0.15, 0.2) is 0 Å². The van der Waals surface area contributed by atoms with Gasteiger partial charge in [-0.15, -0.1) is 0 Å². The van der Waals surface area contributed by atoms with Crippen molar-refractivity contribution in [1.82, 2.24) is 0 Å². The van der Waals surface area contributed by atoms with Gasteiger partial charge in [0.2, 0.25) is 0 Å². The summed E-state index contributed by atoms with van der Waals surface area (Å²) in [4.78, 5) is 10.6. The predicted octanol–water partition coefficient (Wildman–Crippen LogP) is 1.08. The molecule has 0 unspecified atom stereocenters. The second-order valence-corrected chi connectivity index (χ2v) is 3.45. The number of halogens is 1. The van der Waals surface area contributed by atoms with Crippen molar-refractivity contribution in [3.8, 4) is 0 Å². The molecule has 11 heavy (non-hydrogen) atoms. The molecule has 3 nitrogen and oxygen atoms in total. The average Bonchev–Trinajstić information content (AvgIpc) is 2.02. The summed E-state index contributed by atoms with van der Waals surface area (Å²) in [5.41, 5.74) is 0. The fourth-order valence-electron chi connectivity index (χ4n) is 0.654. The zero-order chi connectivity index (χ0) is 8.85. The summed E-state index contributed by atoms with van der Waals surface area (Å²) in [6.07, 6.45) is 0.200. The van der Waals surface area contributed by atoms with E-state index in [1.807, 2.05) is 6.92 Å². The van der Waals surface area contributed by atoms with Crippen LogP contribution in [0.5, 0.6) is 0 Å². The highest BCUT2D eigenvalue weighted by atomic mass is 79.9. The molecule has 0 saturated heterocycles. The quantitative estimate of drug-likeness (QED) is 0.575. The summed E-state index contributed by atoms with van der Waals surface area (Å²) in [5.74, 6) is -0.379. The van der Waals surface area contributed by atoms with Crippen LogP contribution in [0.1, 0.15) is 19.8 Å². The maximum absolute atomic E-state index is 10.6. The fourth-order valence-corrected chi connectivity index (χ4v) is 0.841. The van der Waals surface area contributed by atoms with Crippen molar-refractivity contribution in [3.05, 3.63) is 0 Å². The van der Waals surface area contributed by atoms with Crippen LogP contribution in [-0.4, -0.2) is 29.1 Å². The molecule has 0 bridgehead atoms. The number of carbonyl (C=O) groups excluding carboxylic acids is 1. The van der Waals surface area contributed by atoms with Gasteiger partial charge in [0.05, 0.1) is 19.6 Å². The van der Waals surface area contributed by atoms with E-state index >= 15 is 0 Å². The van der Waals surface area contributed by atoms with Crippen molar-refractivity contribution >= 4 is 21.9 Å². The zero-order valence-electron chi connectivity index (χ0n) is 6.71. The maximum atomic E-state index is 10.6. The number of hydrogen-bond donors (Lipinski definition) is 1. The van der Waals surface area contributed by atoms with E-state index in [0.717, 1.165) is 6.42 Å². The standard InChI is InChI=1S/C7H13BrO3/c1-3-5(8)6(9)4-7(10)11-2/h5-6,9H,3-4H2,1-2H3/t5-,6+/m0/s1. The number of aliphatic hydroxyl groups excluding tert-OH is 1. The molecule has 0 fully saturated rings. The first kappa shape index (κ1) is 10.9. The highest BCUT2D eigenvalue weighted by Gasteiger charge is 2.17. The Hall–Kier alpha value is -0.0900. The molecule has 4 heteroatoms. The first-order chi connectivity index (χ1) is 5.11. The van der Waals surface area contributed by atoms with Crippen LogP contribution in [0.2, 0.25) is 0 Å². The van der Waals surface area contributed by atoms with E-state index in [1.54, 1.807) is 0 Å². The topological polar surface area (TPSA) is 46.5 Å². The van der Waals surface area contributed by atoms with Gasteiger partial charge in [0.25, 0.3) is 0 Å². The second-order valence-electron chi connectivity index (χ2n) is 2.27. The van der Waals surface area contributed by atoms with Gasteiger partial charge in [0, 0.05) is 4.83 Å². The number of methoxy groups -OCH3 is 1. The van der Waals surface area contributed by atoms with Gasteiger partial charge in [-0.25, -0.2) is 0 Å². The van der Waals surface area contributed by atoms with Crippen LogP contribution in [0.3, 0.4) is 0 Å². The van der Waals surface area contributed by atoms with Gasteiger partial charge < -0.3 is 9.84 Å². The summed E-state index contributed by atoms with van der Waals surface area (Å²) in [7, 11) is 1.31. The number of ether oxygens (including phenoxy) is 1. The number of alkyl halides is 1. The Morgan fingerprint density at radius 2 is 2.27 bits per heavy atom. The van der Waals surface area contributed by atoms with Crippen LogP contribution in [-0.2, 0) is 9.53 Å². The van der Waals surface area contributed by atoms with E-state index < -0.39 is 6.10 Å². The Labute approximate surface area is 74.9 Å². The highest BCUT2D eigenvalue weighted by molar-refractivity contribution is 9.09. The summed E-state index contributed by atoms with van der Waals surface area (Å²) in [6.45, 7) is 1.93. The Morgan fingerprint density at radius 3 is 2.64 bits per heavy atom. The molecule has 0 aromatic carbocycles. The van der Waals surface area contributed by atoms with Crippen molar-refractivity contribution in [3.63, 3.8) is 0 Å². The summed E-state index contributed by atoms with van der Waals surface area (Å²) >= 11 is 3.24. The monoisotopic (exact) mass is 224 g/mol. The lowest BCUT2D eigenvalue weighted by atomic mass is 10.1. The highest BCUT2D eigenvalue weighted by Crippen LogP contribution is 2.12. The van der Waals surface area contributed by atoms with E-state index in [0.29, 0.717) is 0 Å². The molecule has 0 amide bonds. The molecule has 0 aliphatic carbocycles. The molecule has 0 aliphatic rings. The Morgan fingerprint density at radius 1 is 1.73 bits per heavy atom. The molecule has 0 heterocycles. The number of aliphatic hydroxyl groups is 1. The lowest BCUT2D eigenvalue weighted by Crippen LogP contribution is -2.23. The Balaban J connectivity index is 3.67. The number of hydrogen-bond acceptors (Lipinski definition) is 3. The predicted molar refractivity (Wildman–Crippen MR) is 45.6 cm³/mol. The second kappa shape index (κ2) is 5.55. The number of esters is 1. The zero-order valence-corrected chi connectivity index (χ0v) is 8.30.